The Morgan fingerprint density at radius 1 is 1.05 bits per heavy atom. The third-order valence-corrected chi connectivity index (χ3v) is 7.56. The molecule has 4 rings (SSSR count). The molecule has 0 aliphatic heterocycles. The lowest BCUT2D eigenvalue weighted by atomic mass is 10.0. The first-order valence-electron chi connectivity index (χ1n) is 13.2. The minimum atomic E-state index is -0.736. The van der Waals surface area contributed by atoms with Crippen LogP contribution in [0.4, 0.5) is 10.1 Å². The number of hydrogen-bond donors (Lipinski definition) is 2. The van der Waals surface area contributed by atoms with Gasteiger partial charge in [-0.05, 0) is 79.1 Å². The van der Waals surface area contributed by atoms with Crippen LogP contribution in [0.25, 0.3) is 11.0 Å². The molecule has 0 aliphatic rings. The van der Waals surface area contributed by atoms with Crippen LogP contribution in [-0.2, 0) is 11.2 Å². The Balaban J connectivity index is 1.59. The number of aromatic nitrogens is 2. The van der Waals surface area contributed by atoms with Crippen LogP contribution in [0.1, 0.15) is 74.1 Å². The van der Waals surface area contributed by atoms with E-state index in [1.165, 1.54) is 29.1 Å². The fourth-order valence-electron chi connectivity index (χ4n) is 4.75. The monoisotopic (exact) mass is 534 g/mol. The summed E-state index contributed by atoms with van der Waals surface area (Å²) in [5, 5.41) is 7.76. The predicted molar refractivity (Wildman–Crippen MR) is 152 cm³/mol. The lowest BCUT2D eigenvalue weighted by Crippen LogP contribution is -2.44. The van der Waals surface area contributed by atoms with Gasteiger partial charge in [-0.2, -0.15) is 0 Å². The van der Waals surface area contributed by atoms with Crippen molar-refractivity contribution in [1.82, 2.24) is 14.9 Å². The minimum absolute atomic E-state index is 0.178. The Labute approximate surface area is 227 Å². The van der Waals surface area contributed by atoms with Gasteiger partial charge in [0.25, 0.3) is 5.91 Å². The van der Waals surface area contributed by atoms with Gasteiger partial charge >= 0.3 is 0 Å². The molecule has 0 unspecified atom stereocenters. The lowest BCUT2D eigenvalue weighted by molar-refractivity contribution is -0.118. The molecule has 0 saturated carbocycles. The highest BCUT2D eigenvalue weighted by Crippen LogP contribution is 2.28. The molecule has 0 bridgehead atoms. The van der Waals surface area contributed by atoms with E-state index < -0.39 is 6.04 Å². The van der Waals surface area contributed by atoms with Gasteiger partial charge in [0.15, 0.2) is 0 Å². The number of nitrogens with one attached hydrogen (secondary N) is 2. The maximum Gasteiger partial charge on any atom is 0.252 e. The van der Waals surface area contributed by atoms with Gasteiger partial charge in [0.2, 0.25) is 5.91 Å². The van der Waals surface area contributed by atoms with Gasteiger partial charge in [-0.25, -0.2) is 9.37 Å². The summed E-state index contributed by atoms with van der Waals surface area (Å²) < 4.78 is 15.6. The quantitative estimate of drug-likeness (QED) is 0.218. The Morgan fingerprint density at radius 2 is 1.79 bits per heavy atom. The Hall–Kier alpha value is -3.52. The number of thiophene rings is 1. The molecule has 2 aromatic carbocycles. The van der Waals surface area contributed by atoms with Crippen LogP contribution in [0, 0.1) is 11.7 Å². The zero-order valence-electron chi connectivity index (χ0n) is 22.3. The van der Waals surface area contributed by atoms with Crippen molar-refractivity contribution in [1.29, 1.82) is 0 Å². The topological polar surface area (TPSA) is 76.0 Å². The highest BCUT2D eigenvalue weighted by atomic mass is 32.1. The van der Waals surface area contributed by atoms with E-state index in [0.717, 1.165) is 36.1 Å². The number of halogens is 1. The molecule has 2 amide bonds. The summed E-state index contributed by atoms with van der Waals surface area (Å²) in [5.74, 6) is 0.123. The van der Waals surface area contributed by atoms with Crippen LogP contribution in [0.5, 0.6) is 0 Å². The molecule has 8 heteroatoms. The summed E-state index contributed by atoms with van der Waals surface area (Å²) in [6.45, 7) is 8.36. The lowest BCUT2D eigenvalue weighted by Gasteiger charge is -2.20. The molecule has 38 heavy (non-hydrogen) atoms. The van der Waals surface area contributed by atoms with E-state index in [0.29, 0.717) is 23.7 Å². The molecule has 0 aliphatic carbocycles. The zero-order chi connectivity index (χ0) is 27.2. The maximum absolute atomic E-state index is 13.3. The molecule has 6 nitrogen and oxygen atoms in total. The highest BCUT2D eigenvalue weighted by molar-refractivity contribution is 7.09. The van der Waals surface area contributed by atoms with Crippen LogP contribution in [0.15, 0.2) is 60.0 Å². The summed E-state index contributed by atoms with van der Waals surface area (Å²) in [7, 11) is 0. The molecule has 2 aromatic heterocycles. The molecule has 1 atom stereocenters. The van der Waals surface area contributed by atoms with Crippen LogP contribution in [0.2, 0.25) is 0 Å². The van der Waals surface area contributed by atoms with E-state index in [2.05, 4.69) is 40.5 Å². The number of anilines is 1. The fraction of sp³-hybridized carbons (Fsp3) is 0.367. The van der Waals surface area contributed by atoms with E-state index >= 15 is 0 Å². The molecular weight excluding hydrogens is 499 g/mol. The first kappa shape index (κ1) is 27.5. The third kappa shape index (κ3) is 6.48. The Kier molecular flexibility index (Phi) is 8.94. The number of nitrogens with zero attached hydrogens (tertiary/aromatic N) is 2. The van der Waals surface area contributed by atoms with Crippen molar-refractivity contribution in [2.24, 2.45) is 5.92 Å². The van der Waals surface area contributed by atoms with Crippen molar-refractivity contribution in [2.75, 3.05) is 5.32 Å². The standard InChI is InChI=1S/C30H35FN4O2S/c1-5-23(6-2)35-27-14-9-20(17-25(27)33-28(35)18-24-8-7-15-38-24)29(36)34-26(16-19(3)4)30(37)32-22-12-10-21(31)11-13-22/h7-15,17,19,23,26H,5-6,16,18H2,1-4H3,(H,32,37)(H,34,36)/t26-/m0/s1. The summed E-state index contributed by atoms with van der Waals surface area (Å²) >= 11 is 1.71. The third-order valence-electron chi connectivity index (χ3n) is 6.69. The van der Waals surface area contributed by atoms with E-state index in [9.17, 15) is 14.0 Å². The zero-order valence-corrected chi connectivity index (χ0v) is 23.1. The summed E-state index contributed by atoms with van der Waals surface area (Å²) in [4.78, 5) is 32.5. The summed E-state index contributed by atoms with van der Waals surface area (Å²) in [6.07, 6.45) is 3.18. The van der Waals surface area contributed by atoms with Crippen LogP contribution >= 0.6 is 11.3 Å². The smallest absolute Gasteiger partial charge is 0.252 e. The number of carbonyl (C=O) groups is 2. The summed E-state index contributed by atoms with van der Waals surface area (Å²) in [6, 6.07) is 14.9. The number of rotatable bonds is 11. The van der Waals surface area contributed by atoms with Gasteiger partial charge in [-0.15, -0.1) is 11.3 Å². The molecule has 2 heterocycles. The SMILES string of the molecule is CCC(CC)n1c(Cc2cccs2)nc2cc(C(=O)N[C@@H](CC(C)C)C(=O)Nc3ccc(F)cc3)ccc21. The molecule has 2 N–H and O–H groups in total. The second kappa shape index (κ2) is 12.3. The van der Waals surface area contributed by atoms with Gasteiger partial charge in [-0.3, -0.25) is 9.59 Å². The molecule has 0 saturated heterocycles. The van der Waals surface area contributed by atoms with Crippen LogP contribution < -0.4 is 10.6 Å². The Bertz CT molecular complexity index is 1380. The second-order valence-electron chi connectivity index (χ2n) is 9.98. The highest BCUT2D eigenvalue weighted by Gasteiger charge is 2.24. The van der Waals surface area contributed by atoms with Gasteiger partial charge < -0.3 is 15.2 Å². The first-order chi connectivity index (χ1) is 18.3. The van der Waals surface area contributed by atoms with Gasteiger partial charge in [0.05, 0.1) is 11.0 Å². The number of amides is 2. The molecular formula is C30H35FN4O2S. The maximum atomic E-state index is 13.3. The van der Waals surface area contributed by atoms with Crippen LogP contribution in [-0.4, -0.2) is 27.4 Å². The number of fused-ring (bicyclic) bond motifs is 1. The van der Waals surface area contributed by atoms with Crippen LogP contribution in [0.3, 0.4) is 0 Å². The molecule has 200 valence electrons. The van der Waals surface area contributed by atoms with E-state index in [1.807, 2.05) is 32.0 Å². The van der Waals surface area contributed by atoms with Gasteiger partial charge in [0, 0.05) is 28.6 Å². The van der Waals surface area contributed by atoms with Crippen molar-refractivity contribution in [2.45, 2.75) is 65.5 Å². The number of benzene rings is 2. The molecule has 0 radical (unpaired) electrons. The number of hydrogen-bond acceptors (Lipinski definition) is 4. The van der Waals surface area contributed by atoms with Gasteiger partial charge in [-0.1, -0.05) is 33.8 Å². The average molecular weight is 535 g/mol. The Morgan fingerprint density at radius 3 is 2.42 bits per heavy atom. The fourth-order valence-corrected chi connectivity index (χ4v) is 5.45. The number of imidazole rings is 1. The van der Waals surface area contributed by atoms with Crippen molar-refractivity contribution in [3.05, 3.63) is 82.1 Å². The van der Waals surface area contributed by atoms with Gasteiger partial charge in [0.1, 0.15) is 17.7 Å². The first-order valence-corrected chi connectivity index (χ1v) is 14.1. The largest absolute Gasteiger partial charge is 0.340 e. The van der Waals surface area contributed by atoms with E-state index in [1.54, 1.807) is 17.4 Å². The van der Waals surface area contributed by atoms with Crippen molar-refractivity contribution >= 4 is 39.9 Å². The second-order valence-corrected chi connectivity index (χ2v) is 11.0. The summed E-state index contributed by atoms with van der Waals surface area (Å²) in [5.41, 5.74) is 2.71. The van der Waals surface area contributed by atoms with Crippen molar-refractivity contribution < 1.29 is 14.0 Å². The normalized spacial score (nSPS) is 12.3. The molecule has 0 fully saturated rings. The predicted octanol–water partition coefficient (Wildman–Crippen LogP) is 6.97. The minimum Gasteiger partial charge on any atom is -0.340 e. The van der Waals surface area contributed by atoms with Crippen molar-refractivity contribution in [3.8, 4) is 0 Å². The molecule has 0 spiro atoms. The molecule has 4 aromatic rings. The number of carbonyl (C=O) groups excluding carboxylic acids is 2. The van der Waals surface area contributed by atoms with E-state index in [-0.39, 0.29) is 23.5 Å². The van der Waals surface area contributed by atoms with Crippen molar-refractivity contribution in [3.63, 3.8) is 0 Å². The average Bonchev–Trinajstić information content (AvgIpc) is 3.53. The van der Waals surface area contributed by atoms with E-state index in [4.69, 9.17) is 4.98 Å².